The largest absolute Gasteiger partial charge is 0.418 e. The first-order chi connectivity index (χ1) is 10.5. The lowest BCUT2D eigenvalue weighted by Gasteiger charge is -2.29. The second kappa shape index (κ2) is 10.1. The first-order valence-corrected chi connectivity index (χ1v) is 12.5. The van der Waals surface area contributed by atoms with Crippen molar-refractivity contribution in [3.8, 4) is 0 Å². The summed E-state index contributed by atoms with van der Waals surface area (Å²) in [6, 6.07) is 1.13. The van der Waals surface area contributed by atoms with E-state index in [4.69, 9.17) is 4.74 Å². The predicted octanol–water partition coefficient (Wildman–Crippen LogP) is 5.02. The molecule has 0 heterocycles. The molecule has 0 saturated heterocycles. The summed E-state index contributed by atoms with van der Waals surface area (Å²) in [5.41, 5.74) is 1.05. The van der Waals surface area contributed by atoms with Crippen molar-refractivity contribution in [3.05, 3.63) is 11.8 Å². The molecular formula is C18H37NO3Si. The first-order valence-electron chi connectivity index (χ1n) is 8.82. The summed E-state index contributed by atoms with van der Waals surface area (Å²) in [4.78, 5) is 14.0. The minimum atomic E-state index is -1.34. The van der Waals surface area contributed by atoms with Gasteiger partial charge < -0.3 is 14.7 Å². The molecule has 0 spiro atoms. The van der Waals surface area contributed by atoms with Gasteiger partial charge >= 0.3 is 6.09 Å². The van der Waals surface area contributed by atoms with Crippen molar-refractivity contribution < 1.29 is 14.6 Å². The van der Waals surface area contributed by atoms with Gasteiger partial charge in [0.2, 0.25) is 0 Å². The van der Waals surface area contributed by atoms with E-state index in [-0.39, 0.29) is 24.3 Å². The van der Waals surface area contributed by atoms with Gasteiger partial charge in [-0.05, 0) is 52.2 Å². The summed E-state index contributed by atoms with van der Waals surface area (Å²) in [6.45, 7) is 16.8. The molecule has 0 bridgehead atoms. The van der Waals surface area contributed by atoms with Gasteiger partial charge in [0.05, 0.1) is 12.4 Å². The standard InChI is InChI=1S/C18H37NO3Si/c1-9-10-17(20)11-16(13-23(6,7)8)12-22-18(21)19(14(2)3)15(4)5/h12,14-15,17,20H,9-11,13H2,1-8H3/b16-12-. The van der Waals surface area contributed by atoms with Crippen molar-refractivity contribution >= 4 is 14.2 Å². The average Bonchev–Trinajstić information content (AvgIpc) is 2.33. The molecule has 4 nitrogen and oxygen atoms in total. The molecule has 0 aromatic rings. The molecule has 5 heteroatoms. The van der Waals surface area contributed by atoms with Gasteiger partial charge in [0.15, 0.2) is 0 Å². The predicted molar refractivity (Wildman–Crippen MR) is 100 cm³/mol. The van der Waals surface area contributed by atoms with Crippen LogP contribution < -0.4 is 0 Å². The summed E-state index contributed by atoms with van der Waals surface area (Å²) in [5.74, 6) is 0. The third kappa shape index (κ3) is 9.82. The zero-order chi connectivity index (χ0) is 18.2. The molecule has 1 amide bonds. The lowest BCUT2D eigenvalue weighted by atomic mass is 10.1. The first kappa shape index (κ1) is 22.2. The monoisotopic (exact) mass is 343 g/mol. The normalized spacial score (nSPS) is 14.3. The molecule has 0 rings (SSSR count). The number of aliphatic hydroxyl groups excluding tert-OH is 1. The highest BCUT2D eigenvalue weighted by atomic mass is 28.3. The number of rotatable bonds is 9. The number of hydrogen-bond acceptors (Lipinski definition) is 3. The Morgan fingerprint density at radius 3 is 2.09 bits per heavy atom. The third-order valence-corrected chi connectivity index (χ3v) is 5.04. The second-order valence-electron chi connectivity index (χ2n) is 8.14. The fourth-order valence-corrected chi connectivity index (χ4v) is 4.38. The highest BCUT2D eigenvalue weighted by molar-refractivity contribution is 6.76. The Hall–Kier alpha value is -0.813. The van der Waals surface area contributed by atoms with Crippen LogP contribution in [0.15, 0.2) is 11.8 Å². The van der Waals surface area contributed by atoms with Crippen molar-refractivity contribution in [1.82, 2.24) is 4.90 Å². The van der Waals surface area contributed by atoms with Gasteiger partial charge in [0, 0.05) is 20.2 Å². The van der Waals surface area contributed by atoms with Crippen molar-refractivity contribution in [2.75, 3.05) is 0 Å². The molecule has 0 aromatic heterocycles. The zero-order valence-corrected chi connectivity index (χ0v) is 17.3. The topological polar surface area (TPSA) is 49.8 Å². The van der Waals surface area contributed by atoms with Crippen LogP contribution in [0.1, 0.15) is 53.9 Å². The van der Waals surface area contributed by atoms with E-state index in [0.717, 1.165) is 24.5 Å². The summed E-state index contributed by atoms with van der Waals surface area (Å²) in [6.07, 6.45) is 3.25. The Bertz CT molecular complexity index is 378. The van der Waals surface area contributed by atoms with Gasteiger partial charge in [-0.2, -0.15) is 0 Å². The SMILES string of the molecule is CCCC(O)C/C(=C/OC(=O)N(C(C)C)C(C)C)C[Si](C)(C)C. The maximum absolute atomic E-state index is 12.3. The van der Waals surface area contributed by atoms with E-state index < -0.39 is 8.07 Å². The van der Waals surface area contributed by atoms with Gasteiger partial charge in [-0.15, -0.1) is 0 Å². The van der Waals surface area contributed by atoms with E-state index in [9.17, 15) is 9.90 Å². The van der Waals surface area contributed by atoms with Gasteiger partial charge in [0.25, 0.3) is 0 Å². The molecule has 0 radical (unpaired) electrons. The van der Waals surface area contributed by atoms with E-state index in [1.807, 2.05) is 27.7 Å². The Kier molecular flexibility index (Phi) is 9.78. The highest BCUT2D eigenvalue weighted by Gasteiger charge is 2.22. The number of nitrogens with zero attached hydrogens (tertiary/aromatic N) is 1. The number of ether oxygens (including phenoxy) is 1. The molecule has 0 aliphatic carbocycles. The highest BCUT2D eigenvalue weighted by Crippen LogP contribution is 2.22. The number of carbonyl (C=O) groups is 1. The molecule has 0 saturated carbocycles. The van der Waals surface area contributed by atoms with Gasteiger partial charge in [-0.1, -0.05) is 33.0 Å². The fraction of sp³-hybridized carbons (Fsp3) is 0.833. The van der Waals surface area contributed by atoms with Crippen LogP contribution in [0.3, 0.4) is 0 Å². The Balaban J connectivity index is 5.01. The number of hydrogen-bond donors (Lipinski definition) is 1. The molecule has 1 N–H and O–H groups in total. The summed E-state index contributed by atoms with van der Waals surface area (Å²) < 4.78 is 5.45. The second-order valence-corrected chi connectivity index (χ2v) is 13.6. The molecule has 0 aromatic carbocycles. The van der Waals surface area contributed by atoms with Crippen LogP contribution in [-0.4, -0.2) is 42.4 Å². The van der Waals surface area contributed by atoms with Gasteiger partial charge in [0.1, 0.15) is 0 Å². The van der Waals surface area contributed by atoms with Crippen LogP contribution in [0.5, 0.6) is 0 Å². The third-order valence-electron chi connectivity index (χ3n) is 3.53. The van der Waals surface area contributed by atoms with Gasteiger partial charge in [-0.3, -0.25) is 0 Å². The number of amides is 1. The summed E-state index contributed by atoms with van der Waals surface area (Å²) >= 11 is 0. The minimum absolute atomic E-state index is 0.0991. The van der Waals surface area contributed by atoms with Crippen LogP contribution in [0.2, 0.25) is 25.7 Å². The summed E-state index contributed by atoms with van der Waals surface area (Å²) in [7, 11) is -1.34. The maximum Gasteiger partial charge on any atom is 0.415 e. The smallest absolute Gasteiger partial charge is 0.415 e. The molecule has 1 atom stereocenters. The maximum atomic E-state index is 12.3. The van der Waals surface area contributed by atoms with E-state index in [1.54, 1.807) is 11.2 Å². The molecular weight excluding hydrogens is 306 g/mol. The van der Waals surface area contributed by atoms with Gasteiger partial charge in [-0.25, -0.2) is 4.79 Å². The number of aliphatic hydroxyl groups is 1. The van der Waals surface area contributed by atoms with Crippen molar-refractivity contribution in [3.63, 3.8) is 0 Å². The quantitative estimate of drug-likeness (QED) is 0.472. The zero-order valence-electron chi connectivity index (χ0n) is 16.3. The Morgan fingerprint density at radius 1 is 1.17 bits per heavy atom. The molecule has 0 fully saturated rings. The Morgan fingerprint density at radius 2 is 1.70 bits per heavy atom. The molecule has 0 aliphatic heterocycles. The lowest BCUT2D eigenvalue weighted by Crippen LogP contribution is -2.41. The van der Waals surface area contributed by atoms with Crippen LogP contribution >= 0.6 is 0 Å². The van der Waals surface area contributed by atoms with Crippen LogP contribution in [0, 0.1) is 0 Å². The lowest BCUT2D eigenvalue weighted by molar-refractivity contribution is 0.107. The average molecular weight is 344 g/mol. The van der Waals surface area contributed by atoms with E-state index in [2.05, 4.69) is 26.6 Å². The number of carbonyl (C=O) groups excluding carboxylic acids is 1. The minimum Gasteiger partial charge on any atom is -0.418 e. The molecule has 0 aliphatic rings. The summed E-state index contributed by atoms with van der Waals surface area (Å²) in [5, 5.41) is 10.1. The van der Waals surface area contributed by atoms with E-state index >= 15 is 0 Å². The van der Waals surface area contributed by atoms with Crippen LogP contribution in [-0.2, 0) is 4.74 Å². The van der Waals surface area contributed by atoms with Crippen molar-refractivity contribution in [2.24, 2.45) is 0 Å². The molecule has 136 valence electrons. The van der Waals surface area contributed by atoms with Crippen molar-refractivity contribution in [2.45, 2.75) is 97.8 Å². The molecule has 1 unspecified atom stereocenters. The van der Waals surface area contributed by atoms with E-state index in [1.165, 1.54) is 0 Å². The van der Waals surface area contributed by atoms with Crippen LogP contribution in [0.4, 0.5) is 4.79 Å². The molecule has 23 heavy (non-hydrogen) atoms. The Labute approximate surface area is 143 Å². The fourth-order valence-electron chi connectivity index (χ4n) is 2.79. The van der Waals surface area contributed by atoms with Crippen molar-refractivity contribution in [1.29, 1.82) is 0 Å². The van der Waals surface area contributed by atoms with Crippen LogP contribution in [0.25, 0.3) is 0 Å². The van der Waals surface area contributed by atoms with E-state index in [0.29, 0.717) is 6.42 Å².